The third-order valence-electron chi connectivity index (χ3n) is 5.96. The van der Waals surface area contributed by atoms with Crippen molar-refractivity contribution in [3.63, 3.8) is 0 Å². The quantitative estimate of drug-likeness (QED) is 0.0995. The molecule has 218 valence electrons. The molecule has 0 saturated carbocycles. The summed E-state index contributed by atoms with van der Waals surface area (Å²) in [4.78, 5) is 29.0. The van der Waals surface area contributed by atoms with E-state index >= 15 is 0 Å². The first kappa shape index (κ1) is 31.9. The van der Waals surface area contributed by atoms with Crippen LogP contribution in [0, 0.1) is 9.49 Å². The van der Waals surface area contributed by atoms with E-state index in [1.807, 2.05) is 41.1 Å². The molecule has 0 aliphatic rings. The molecule has 1 N–H and O–H groups in total. The zero-order valence-electron chi connectivity index (χ0n) is 24.4. The Labute approximate surface area is 251 Å². The fraction of sp³-hybridized carbons (Fsp3) is 0.483. The molecule has 1 unspecified atom stereocenters. The monoisotopic (exact) mass is 681 g/mol. The van der Waals surface area contributed by atoms with Crippen LogP contribution in [0.4, 0.5) is 4.79 Å². The number of carbonyl (C=O) groups excluding carboxylic acids is 2. The topological polar surface area (TPSA) is 101 Å². The summed E-state index contributed by atoms with van der Waals surface area (Å²) in [5.41, 5.74) is 1.10. The molecule has 0 radical (unpaired) electrons. The Morgan fingerprint density at radius 1 is 1.12 bits per heavy atom. The summed E-state index contributed by atoms with van der Waals surface area (Å²) in [5.74, 6) is 0.405. The lowest BCUT2D eigenvalue weighted by atomic mass is 9.99. The zero-order chi connectivity index (χ0) is 29.5. The van der Waals surface area contributed by atoms with Gasteiger partial charge >= 0.3 is 12.1 Å². The highest BCUT2D eigenvalue weighted by Crippen LogP contribution is 2.33. The van der Waals surface area contributed by atoms with Crippen LogP contribution < -0.4 is 10.1 Å². The van der Waals surface area contributed by atoms with Crippen LogP contribution in [0.2, 0.25) is 25.7 Å². The van der Waals surface area contributed by atoms with Crippen molar-refractivity contribution in [1.29, 1.82) is 0 Å². The molecular formula is C29H40IN3O6Si. The molecule has 0 aliphatic carbocycles. The molecule has 1 atom stereocenters. The van der Waals surface area contributed by atoms with Gasteiger partial charge in [-0.25, -0.2) is 9.78 Å². The van der Waals surface area contributed by atoms with E-state index < -0.39 is 31.7 Å². The minimum Gasteiger partial charge on any atom is -0.469 e. The molecule has 2 aromatic heterocycles. The van der Waals surface area contributed by atoms with Gasteiger partial charge in [-0.15, -0.1) is 0 Å². The van der Waals surface area contributed by atoms with Crippen LogP contribution in [0.3, 0.4) is 0 Å². The van der Waals surface area contributed by atoms with Gasteiger partial charge in [0.15, 0.2) is 0 Å². The van der Waals surface area contributed by atoms with Gasteiger partial charge in [-0.1, -0.05) is 31.8 Å². The number of pyridine rings is 1. The second-order valence-electron chi connectivity index (χ2n) is 11.9. The Hall–Kier alpha value is -2.64. The summed E-state index contributed by atoms with van der Waals surface area (Å²) in [7, 11) is 0.187. The number of amides is 1. The average Bonchev–Trinajstić information content (AvgIpc) is 3.19. The van der Waals surface area contributed by atoms with E-state index in [1.165, 1.54) is 7.11 Å². The maximum atomic E-state index is 12.4. The van der Waals surface area contributed by atoms with Crippen LogP contribution in [-0.2, 0) is 32.2 Å². The van der Waals surface area contributed by atoms with Gasteiger partial charge in [0.05, 0.1) is 18.4 Å². The van der Waals surface area contributed by atoms with E-state index in [0.717, 1.165) is 32.8 Å². The van der Waals surface area contributed by atoms with Gasteiger partial charge in [-0.3, -0.25) is 4.79 Å². The van der Waals surface area contributed by atoms with Crippen molar-refractivity contribution < 1.29 is 28.5 Å². The first-order valence-electron chi connectivity index (χ1n) is 13.3. The summed E-state index contributed by atoms with van der Waals surface area (Å²) in [6, 6.07) is 10.5. The molecule has 11 heteroatoms. The van der Waals surface area contributed by atoms with E-state index in [-0.39, 0.29) is 6.54 Å². The maximum absolute atomic E-state index is 12.4. The molecule has 3 aromatic rings. The summed E-state index contributed by atoms with van der Waals surface area (Å²) in [6.45, 7) is 13.6. The molecule has 0 spiro atoms. The third-order valence-corrected chi connectivity index (χ3v) is 8.48. The summed E-state index contributed by atoms with van der Waals surface area (Å²) in [6.07, 6.45) is 3.58. The molecule has 40 heavy (non-hydrogen) atoms. The van der Waals surface area contributed by atoms with Crippen LogP contribution in [0.15, 0.2) is 42.7 Å². The number of fused-ring (bicyclic) bond motifs is 1. The molecule has 1 aromatic carbocycles. The largest absolute Gasteiger partial charge is 0.469 e. The third kappa shape index (κ3) is 9.77. The number of esters is 1. The minimum atomic E-state index is -1.15. The number of hydrogen-bond acceptors (Lipinski definition) is 7. The van der Waals surface area contributed by atoms with Gasteiger partial charge in [0.2, 0.25) is 0 Å². The van der Waals surface area contributed by atoms with Crippen LogP contribution in [0.25, 0.3) is 11.0 Å². The van der Waals surface area contributed by atoms with Crippen LogP contribution in [0.5, 0.6) is 11.5 Å². The fourth-order valence-corrected chi connectivity index (χ4v) is 5.49. The number of benzene rings is 1. The molecule has 1 amide bonds. The second kappa shape index (κ2) is 13.8. The van der Waals surface area contributed by atoms with Crippen molar-refractivity contribution in [3.05, 3.63) is 51.9 Å². The number of hydrogen-bond donors (Lipinski definition) is 1. The number of carbonyl (C=O) groups is 2. The zero-order valence-corrected chi connectivity index (χ0v) is 27.5. The Morgan fingerprint density at radius 2 is 1.82 bits per heavy atom. The lowest BCUT2D eigenvalue weighted by Crippen LogP contribution is -2.38. The lowest BCUT2D eigenvalue weighted by Gasteiger charge is -2.21. The van der Waals surface area contributed by atoms with E-state index in [9.17, 15) is 9.59 Å². The van der Waals surface area contributed by atoms with Crippen LogP contribution in [0.1, 0.15) is 26.3 Å². The standard InChI is InChI=1S/C29H40IN3O6Si/c1-29(2,3)39-28(35)32-17-21(27(34)36-4)16-20-8-10-22(11-9-20)38-24-12-13-31-26-25(24)23(30)18-33(26)19-37-14-15-40(5,6)7/h8-13,18,21H,14-17,19H2,1-7H3,(H,32,35). The molecule has 2 heterocycles. The molecule has 0 fully saturated rings. The molecule has 3 rings (SSSR count). The fourth-order valence-electron chi connectivity index (χ4n) is 3.89. The summed E-state index contributed by atoms with van der Waals surface area (Å²) >= 11 is 2.30. The number of alkyl carbamates (subject to hydrolysis) is 1. The van der Waals surface area contributed by atoms with E-state index in [4.69, 9.17) is 18.9 Å². The Bertz CT molecular complexity index is 1300. The van der Waals surface area contributed by atoms with Crippen molar-refractivity contribution in [2.24, 2.45) is 5.92 Å². The Balaban J connectivity index is 1.66. The number of aromatic nitrogens is 2. The predicted molar refractivity (Wildman–Crippen MR) is 167 cm³/mol. The number of nitrogens with zero attached hydrogens (tertiary/aromatic N) is 2. The second-order valence-corrected chi connectivity index (χ2v) is 18.6. The number of rotatable bonds is 12. The normalized spacial score (nSPS) is 12.7. The number of ether oxygens (including phenoxy) is 4. The van der Waals surface area contributed by atoms with Gasteiger partial charge < -0.3 is 28.8 Å². The van der Waals surface area contributed by atoms with E-state index in [1.54, 1.807) is 27.0 Å². The summed E-state index contributed by atoms with van der Waals surface area (Å²) in [5, 5.41) is 3.59. The van der Waals surface area contributed by atoms with Crippen molar-refractivity contribution in [2.45, 2.75) is 65.2 Å². The highest BCUT2D eigenvalue weighted by molar-refractivity contribution is 14.1. The van der Waals surface area contributed by atoms with Crippen LogP contribution in [-0.4, -0.2) is 55.5 Å². The smallest absolute Gasteiger partial charge is 0.407 e. The number of nitrogens with one attached hydrogen (secondary N) is 1. The highest BCUT2D eigenvalue weighted by atomic mass is 127. The van der Waals surface area contributed by atoms with Gasteiger partial charge in [0, 0.05) is 37.2 Å². The van der Waals surface area contributed by atoms with Crippen molar-refractivity contribution in [2.75, 3.05) is 20.3 Å². The van der Waals surface area contributed by atoms with Gasteiger partial charge in [-0.05, 0) is 79.6 Å². The highest BCUT2D eigenvalue weighted by Gasteiger charge is 2.23. The Morgan fingerprint density at radius 3 is 2.45 bits per heavy atom. The van der Waals surface area contributed by atoms with E-state index in [2.05, 4.69) is 52.5 Å². The van der Waals surface area contributed by atoms with Crippen molar-refractivity contribution >= 4 is 53.8 Å². The van der Waals surface area contributed by atoms with Crippen molar-refractivity contribution in [3.8, 4) is 11.5 Å². The van der Waals surface area contributed by atoms with Gasteiger partial charge in [0.1, 0.15) is 29.5 Å². The molecule has 9 nitrogen and oxygen atoms in total. The number of methoxy groups -OCH3 is 1. The SMILES string of the molecule is COC(=O)C(CNC(=O)OC(C)(C)C)Cc1ccc(Oc2ccnc3c2c(I)cn3COCC[Si](C)(C)C)cc1. The molecule has 0 bridgehead atoms. The van der Waals surface area contributed by atoms with E-state index in [0.29, 0.717) is 24.7 Å². The average molecular weight is 682 g/mol. The molecule has 0 saturated heterocycles. The maximum Gasteiger partial charge on any atom is 0.407 e. The minimum absolute atomic E-state index is 0.103. The lowest BCUT2D eigenvalue weighted by molar-refractivity contribution is -0.145. The first-order valence-corrected chi connectivity index (χ1v) is 18.1. The Kier molecular flexibility index (Phi) is 11.0. The summed E-state index contributed by atoms with van der Waals surface area (Å²) < 4.78 is 25.5. The van der Waals surface area contributed by atoms with Crippen molar-refractivity contribution in [1.82, 2.24) is 14.9 Å². The number of halogens is 1. The predicted octanol–water partition coefficient (Wildman–Crippen LogP) is 6.60. The molecule has 0 aliphatic heterocycles. The van der Waals surface area contributed by atoms with Gasteiger partial charge in [0.25, 0.3) is 0 Å². The molecular weight excluding hydrogens is 641 g/mol. The van der Waals surface area contributed by atoms with Gasteiger partial charge in [-0.2, -0.15) is 0 Å². The van der Waals surface area contributed by atoms with Crippen LogP contribution >= 0.6 is 22.6 Å². The first-order chi connectivity index (χ1) is 18.8.